The summed E-state index contributed by atoms with van der Waals surface area (Å²) in [7, 11) is 0. The number of rotatable bonds is 8. The molecule has 1 aromatic rings. The number of hydrogen-bond donors (Lipinski definition) is 3. The maximum Gasteiger partial charge on any atom is 0.416 e. The minimum absolute atomic E-state index is 0. The number of benzene rings is 1. The average Bonchev–Trinajstić information content (AvgIpc) is 2.59. The zero-order valence-electron chi connectivity index (χ0n) is 15.8. The van der Waals surface area contributed by atoms with Gasteiger partial charge in [0.05, 0.1) is 12.1 Å². The van der Waals surface area contributed by atoms with Crippen molar-refractivity contribution in [2.45, 2.75) is 52.4 Å². The summed E-state index contributed by atoms with van der Waals surface area (Å²) >= 11 is 0. The summed E-state index contributed by atoms with van der Waals surface area (Å²) in [5.41, 5.74) is -0.00713. The second kappa shape index (κ2) is 12.8. The van der Waals surface area contributed by atoms with Crippen molar-refractivity contribution in [3.63, 3.8) is 0 Å². The van der Waals surface area contributed by atoms with Gasteiger partial charge in [-0.05, 0) is 38.0 Å². The molecule has 0 saturated carbocycles. The molecule has 0 aliphatic rings. The zero-order valence-corrected chi connectivity index (χ0v) is 18.2. The first-order valence-electron chi connectivity index (χ1n) is 8.73. The van der Waals surface area contributed by atoms with E-state index in [2.05, 4.69) is 20.9 Å². The molecule has 0 saturated heterocycles. The van der Waals surface area contributed by atoms with Crippen molar-refractivity contribution < 1.29 is 18.0 Å². The van der Waals surface area contributed by atoms with Crippen LogP contribution in [0.15, 0.2) is 29.3 Å². The van der Waals surface area contributed by atoms with Gasteiger partial charge in [-0.1, -0.05) is 19.1 Å². The van der Waals surface area contributed by atoms with Crippen LogP contribution in [0.25, 0.3) is 0 Å². The van der Waals surface area contributed by atoms with E-state index in [1.165, 1.54) is 12.1 Å². The van der Waals surface area contributed by atoms with E-state index in [-0.39, 0.29) is 42.5 Å². The lowest BCUT2D eigenvalue weighted by Gasteiger charge is -2.13. The fraction of sp³-hybridized carbons (Fsp3) is 0.556. The van der Waals surface area contributed by atoms with Gasteiger partial charge >= 0.3 is 6.18 Å². The third-order valence-electron chi connectivity index (χ3n) is 3.71. The topological polar surface area (TPSA) is 65.5 Å². The average molecular weight is 500 g/mol. The summed E-state index contributed by atoms with van der Waals surface area (Å²) in [4.78, 5) is 16.1. The molecule has 1 aromatic carbocycles. The molecule has 5 nitrogen and oxygen atoms in total. The highest BCUT2D eigenvalue weighted by atomic mass is 127. The Morgan fingerprint density at radius 1 is 1.15 bits per heavy atom. The number of carbonyl (C=O) groups excluding carboxylic acids is 1. The van der Waals surface area contributed by atoms with Crippen LogP contribution < -0.4 is 16.0 Å². The van der Waals surface area contributed by atoms with Crippen LogP contribution in [0.2, 0.25) is 0 Å². The van der Waals surface area contributed by atoms with Gasteiger partial charge in [-0.25, -0.2) is 4.99 Å². The Morgan fingerprint density at radius 3 is 2.30 bits per heavy atom. The number of hydrogen-bond acceptors (Lipinski definition) is 2. The molecule has 0 fully saturated rings. The maximum absolute atomic E-state index is 12.6. The van der Waals surface area contributed by atoms with E-state index in [9.17, 15) is 18.0 Å². The molecule has 1 amide bonds. The van der Waals surface area contributed by atoms with Gasteiger partial charge in [0.15, 0.2) is 5.96 Å². The van der Waals surface area contributed by atoms with Crippen molar-refractivity contribution in [2.24, 2.45) is 4.99 Å². The van der Waals surface area contributed by atoms with Crippen molar-refractivity contribution in [1.29, 1.82) is 0 Å². The van der Waals surface area contributed by atoms with E-state index in [4.69, 9.17) is 0 Å². The second-order valence-corrected chi connectivity index (χ2v) is 5.94. The van der Waals surface area contributed by atoms with Gasteiger partial charge in [-0.15, -0.1) is 24.0 Å². The quantitative estimate of drug-likeness (QED) is 0.290. The Bertz CT molecular complexity index is 591. The highest BCUT2D eigenvalue weighted by Gasteiger charge is 2.29. The van der Waals surface area contributed by atoms with Gasteiger partial charge in [0.1, 0.15) is 0 Å². The number of amides is 1. The first-order chi connectivity index (χ1) is 12.3. The van der Waals surface area contributed by atoms with E-state index in [1.54, 1.807) is 0 Å². The summed E-state index contributed by atoms with van der Waals surface area (Å²) < 4.78 is 37.7. The second-order valence-electron chi connectivity index (χ2n) is 5.94. The van der Waals surface area contributed by atoms with Crippen LogP contribution in [0.1, 0.15) is 44.7 Å². The number of guanidine groups is 1. The first kappa shape index (κ1) is 25.5. The largest absolute Gasteiger partial charge is 0.416 e. The minimum atomic E-state index is -4.34. The molecule has 1 atom stereocenters. The van der Waals surface area contributed by atoms with Crippen molar-refractivity contribution in [2.75, 3.05) is 13.1 Å². The number of nitrogens with one attached hydrogen (secondary N) is 3. The zero-order chi connectivity index (χ0) is 19.6. The molecular formula is C18H28F3IN4O. The van der Waals surface area contributed by atoms with E-state index in [1.807, 2.05) is 20.8 Å². The molecule has 0 spiro atoms. The molecule has 1 unspecified atom stereocenters. The lowest BCUT2D eigenvalue weighted by molar-refractivity contribution is -0.137. The summed E-state index contributed by atoms with van der Waals surface area (Å²) in [5.74, 6) is 0.481. The number of halogens is 4. The van der Waals surface area contributed by atoms with E-state index in [0.29, 0.717) is 31.0 Å². The normalized spacial score (nSPS) is 12.7. The predicted molar refractivity (Wildman–Crippen MR) is 112 cm³/mol. The Hall–Kier alpha value is -1.52. The number of alkyl halides is 3. The van der Waals surface area contributed by atoms with Gasteiger partial charge in [0.2, 0.25) is 5.91 Å². The van der Waals surface area contributed by atoms with Crippen molar-refractivity contribution >= 4 is 35.8 Å². The Kier molecular flexibility index (Phi) is 12.1. The number of aliphatic imine (C=N–C) groups is 1. The van der Waals surface area contributed by atoms with Crippen molar-refractivity contribution in [3.05, 3.63) is 35.4 Å². The Balaban J connectivity index is 0.00000676. The van der Waals surface area contributed by atoms with Crippen LogP contribution >= 0.6 is 24.0 Å². The fourth-order valence-electron chi connectivity index (χ4n) is 2.05. The van der Waals surface area contributed by atoms with E-state index >= 15 is 0 Å². The monoisotopic (exact) mass is 500 g/mol. The molecule has 0 radical (unpaired) electrons. The molecule has 0 heterocycles. The molecule has 3 N–H and O–H groups in total. The van der Waals surface area contributed by atoms with Crippen LogP contribution in [0, 0.1) is 0 Å². The number of carbonyl (C=O) groups is 1. The van der Waals surface area contributed by atoms with Crippen LogP contribution in [0.4, 0.5) is 13.2 Å². The fourth-order valence-corrected chi connectivity index (χ4v) is 2.05. The molecule has 1 rings (SSSR count). The van der Waals surface area contributed by atoms with Crippen LogP contribution in [-0.2, 0) is 17.5 Å². The minimum Gasteiger partial charge on any atom is -0.357 e. The van der Waals surface area contributed by atoms with E-state index < -0.39 is 11.7 Å². The van der Waals surface area contributed by atoms with Gasteiger partial charge in [-0.3, -0.25) is 4.79 Å². The summed E-state index contributed by atoms with van der Waals surface area (Å²) in [5, 5.41) is 8.97. The highest BCUT2D eigenvalue weighted by molar-refractivity contribution is 14.0. The van der Waals surface area contributed by atoms with Crippen LogP contribution in [0.5, 0.6) is 0 Å². The summed E-state index contributed by atoms with van der Waals surface area (Å²) in [6.45, 7) is 7.15. The molecule has 9 heteroatoms. The molecular weight excluding hydrogens is 472 g/mol. The van der Waals surface area contributed by atoms with Crippen LogP contribution in [0.3, 0.4) is 0 Å². The third-order valence-corrected chi connectivity index (χ3v) is 3.71. The lowest BCUT2D eigenvalue weighted by Crippen LogP contribution is -2.40. The Morgan fingerprint density at radius 2 is 1.78 bits per heavy atom. The standard InChI is InChI=1S/C18H27F3N4O.HI/c1-4-13(3)25-16(26)10-11-23-17(22-5-2)24-12-14-6-8-15(9-7-14)18(19,20)21;/h6-9,13H,4-5,10-12H2,1-3H3,(H,25,26)(H2,22,23,24);1H. The molecule has 27 heavy (non-hydrogen) atoms. The molecule has 0 aliphatic carbocycles. The third kappa shape index (κ3) is 10.4. The molecule has 0 aromatic heterocycles. The summed E-state index contributed by atoms with van der Waals surface area (Å²) in [6, 6.07) is 5.06. The van der Waals surface area contributed by atoms with Gasteiger partial charge in [0.25, 0.3) is 0 Å². The van der Waals surface area contributed by atoms with Crippen molar-refractivity contribution in [3.8, 4) is 0 Å². The van der Waals surface area contributed by atoms with Gasteiger partial charge in [0, 0.05) is 25.6 Å². The van der Waals surface area contributed by atoms with Gasteiger partial charge < -0.3 is 16.0 Å². The highest BCUT2D eigenvalue weighted by Crippen LogP contribution is 2.29. The van der Waals surface area contributed by atoms with Gasteiger partial charge in [-0.2, -0.15) is 13.2 Å². The SMILES string of the molecule is CCNC(=NCc1ccc(C(F)(F)F)cc1)NCCC(=O)NC(C)CC.I. The summed E-state index contributed by atoms with van der Waals surface area (Å²) in [6.07, 6.45) is -3.15. The molecule has 0 bridgehead atoms. The van der Waals surface area contributed by atoms with Crippen LogP contribution in [-0.4, -0.2) is 31.0 Å². The Labute approximate surface area is 175 Å². The maximum atomic E-state index is 12.6. The lowest BCUT2D eigenvalue weighted by atomic mass is 10.1. The molecule has 154 valence electrons. The predicted octanol–water partition coefficient (Wildman–Crippen LogP) is 3.68. The first-order valence-corrected chi connectivity index (χ1v) is 8.73. The van der Waals surface area contributed by atoms with E-state index in [0.717, 1.165) is 18.6 Å². The van der Waals surface area contributed by atoms with Crippen molar-refractivity contribution in [1.82, 2.24) is 16.0 Å². The number of nitrogens with zero attached hydrogens (tertiary/aromatic N) is 1. The molecule has 0 aliphatic heterocycles. The smallest absolute Gasteiger partial charge is 0.357 e.